The third-order valence-corrected chi connectivity index (χ3v) is 6.55. The Bertz CT molecular complexity index is 1030. The van der Waals surface area contributed by atoms with Gasteiger partial charge in [0.05, 0.1) is 11.7 Å². The number of nitrogens with zero attached hydrogens (tertiary/aromatic N) is 6. The Labute approximate surface area is 176 Å². The van der Waals surface area contributed by atoms with Gasteiger partial charge in [0.2, 0.25) is 5.82 Å². The van der Waals surface area contributed by atoms with Crippen molar-refractivity contribution in [1.29, 1.82) is 0 Å². The Kier molecular flexibility index (Phi) is 4.78. The molecule has 1 aliphatic carbocycles. The van der Waals surface area contributed by atoms with Crippen LogP contribution in [0, 0.1) is 5.41 Å². The number of benzene rings is 1. The second-order valence-electron chi connectivity index (χ2n) is 9.38. The molecule has 0 bridgehead atoms. The van der Waals surface area contributed by atoms with Crippen LogP contribution in [0.25, 0.3) is 22.3 Å². The molecule has 1 aromatic carbocycles. The largest absolute Gasteiger partial charge is 0.378 e. The van der Waals surface area contributed by atoms with E-state index < -0.39 is 0 Å². The number of piperazine rings is 1. The number of aliphatic hydroxyl groups excluding tert-OH is 1. The first kappa shape index (κ1) is 19.5. The van der Waals surface area contributed by atoms with Crippen molar-refractivity contribution in [3.05, 3.63) is 24.4 Å². The predicted molar refractivity (Wildman–Crippen MR) is 115 cm³/mol. The molecule has 3 aromatic rings. The Hall–Kier alpha value is -2.45. The number of aliphatic hydroxyl groups is 1. The summed E-state index contributed by atoms with van der Waals surface area (Å²) in [5.74, 6) is 0.590. The average molecular weight is 411 g/mol. The van der Waals surface area contributed by atoms with Crippen LogP contribution >= 0.6 is 0 Å². The summed E-state index contributed by atoms with van der Waals surface area (Å²) >= 11 is 0. The molecule has 0 radical (unpaired) electrons. The molecule has 1 atom stereocenters. The first-order valence-corrected chi connectivity index (χ1v) is 10.9. The van der Waals surface area contributed by atoms with Crippen LogP contribution in [0.5, 0.6) is 0 Å². The summed E-state index contributed by atoms with van der Waals surface area (Å²) in [6, 6.07) is 6.96. The van der Waals surface area contributed by atoms with Gasteiger partial charge in [-0.1, -0.05) is 24.2 Å². The van der Waals surface area contributed by atoms with Crippen LogP contribution in [0.15, 0.2) is 28.9 Å². The third kappa shape index (κ3) is 3.70. The molecule has 1 N–H and O–H groups in total. The molecule has 1 aliphatic heterocycles. The molecule has 0 amide bonds. The molecular weight excluding hydrogens is 380 g/mol. The smallest absolute Gasteiger partial charge is 0.324 e. The summed E-state index contributed by atoms with van der Waals surface area (Å²) in [4.78, 5) is 8.92. The van der Waals surface area contributed by atoms with Crippen molar-refractivity contribution in [1.82, 2.24) is 24.8 Å². The minimum atomic E-state index is -0.351. The molecule has 0 spiro atoms. The summed E-state index contributed by atoms with van der Waals surface area (Å²) in [6.45, 7) is 9.64. The van der Waals surface area contributed by atoms with Crippen LogP contribution in [0.3, 0.4) is 0 Å². The van der Waals surface area contributed by atoms with Crippen LogP contribution in [-0.2, 0) is 0 Å². The van der Waals surface area contributed by atoms with Gasteiger partial charge in [0, 0.05) is 43.2 Å². The van der Waals surface area contributed by atoms with Gasteiger partial charge in [-0.3, -0.25) is 9.58 Å². The van der Waals surface area contributed by atoms with Crippen molar-refractivity contribution in [3.63, 3.8) is 0 Å². The fourth-order valence-electron chi connectivity index (χ4n) is 4.25. The molecule has 1 unspecified atom stereocenters. The second kappa shape index (κ2) is 7.35. The molecule has 8 nitrogen and oxygen atoms in total. The number of fused-ring (bicyclic) bond motifs is 1. The quantitative estimate of drug-likeness (QED) is 0.667. The molecule has 8 heteroatoms. The minimum absolute atomic E-state index is 0.285. The maximum Gasteiger partial charge on any atom is 0.324 e. The van der Waals surface area contributed by atoms with Crippen molar-refractivity contribution in [2.45, 2.75) is 52.3 Å². The number of aromatic nitrogens is 4. The van der Waals surface area contributed by atoms with E-state index in [0.29, 0.717) is 17.3 Å². The van der Waals surface area contributed by atoms with Crippen LogP contribution < -0.4 is 4.90 Å². The van der Waals surface area contributed by atoms with Gasteiger partial charge in [-0.15, -0.1) is 0 Å². The molecule has 1 saturated heterocycles. The van der Waals surface area contributed by atoms with Gasteiger partial charge in [-0.25, -0.2) is 0 Å². The fourth-order valence-corrected chi connectivity index (χ4v) is 4.25. The number of anilines is 1. The Morgan fingerprint density at radius 2 is 1.93 bits per heavy atom. The fraction of sp³-hybridized carbons (Fsp3) is 0.591. The Balaban J connectivity index is 1.27. The third-order valence-electron chi connectivity index (χ3n) is 6.55. The van der Waals surface area contributed by atoms with Crippen molar-refractivity contribution < 1.29 is 9.63 Å². The lowest BCUT2D eigenvalue weighted by molar-refractivity contribution is -0.0184. The predicted octanol–water partition coefficient (Wildman–Crippen LogP) is 3.30. The van der Waals surface area contributed by atoms with Gasteiger partial charge < -0.3 is 14.5 Å². The number of rotatable bonds is 6. The van der Waals surface area contributed by atoms with Gasteiger partial charge in [-0.05, 0) is 44.6 Å². The van der Waals surface area contributed by atoms with E-state index in [-0.39, 0.29) is 12.3 Å². The topological polar surface area (TPSA) is 83.5 Å². The molecule has 2 fully saturated rings. The Morgan fingerprint density at radius 1 is 1.17 bits per heavy atom. The molecule has 30 heavy (non-hydrogen) atoms. The average Bonchev–Trinajstić information content (AvgIpc) is 3.14. The van der Waals surface area contributed by atoms with E-state index in [2.05, 4.69) is 51.9 Å². The maximum absolute atomic E-state index is 10.5. The van der Waals surface area contributed by atoms with E-state index in [1.165, 1.54) is 12.8 Å². The van der Waals surface area contributed by atoms with Crippen molar-refractivity contribution in [2.24, 2.45) is 5.41 Å². The summed E-state index contributed by atoms with van der Waals surface area (Å²) in [7, 11) is 0. The SMILES string of the molecule is CC(C)n1ncc2ccc(-c3noc(N4CCN(C(O)CC5(C)CC5)CC4)n3)cc21. The van der Waals surface area contributed by atoms with E-state index in [0.717, 1.165) is 49.1 Å². The molecule has 1 saturated carbocycles. The standard InChI is InChI=1S/C22H30N6O2/c1-15(2)28-18-12-16(4-5-17(18)14-23-28)20-24-21(30-25-20)27-10-8-26(9-11-27)19(29)13-22(3)6-7-22/h4-5,12,14-15,19,29H,6-11,13H2,1-3H3. The van der Waals surface area contributed by atoms with Gasteiger partial charge in [0.15, 0.2) is 0 Å². The van der Waals surface area contributed by atoms with E-state index in [4.69, 9.17) is 4.52 Å². The van der Waals surface area contributed by atoms with Crippen LogP contribution in [0.4, 0.5) is 6.01 Å². The van der Waals surface area contributed by atoms with Crippen LogP contribution in [0.2, 0.25) is 0 Å². The lowest BCUT2D eigenvalue weighted by atomic mass is 10.0. The summed E-state index contributed by atoms with van der Waals surface area (Å²) in [5.41, 5.74) is 2.34. The van der Waals surface area contributed by atoms with Crippen LogP contribution in [0.1, 0.15) is 46.1 Å². The monoisotopic (exact) mass is 410 g/mol. The highest BCUT2D eigenvalue weighted by atomic mass is 16.5. The van der Waals surface area contributed by atoms with E-state index in [1.54, 1.807) is 0 Å². The normalized spacial score (nSPS) is 20.2. The lowest BCUT2D eigenvalue weighted by Crippen LogP contribution is -2.51. The maximum atomic E-state index is 10.5. The molecular formula is C22H30N6O2. The second-order valence-corrected chi connectivity index (χ2v) is 9.38. The highest BCUT2D eigenvalue weighted by molar-refractivity contribution is 5.83. The zero-order valence-electron chi connectivity index (χ0n) is 18.0. The molecule has 2 aromatic heterocycles. The first-order chi connectivity index (χ1) is 14.4. The van der Waals surface area contributed by atoms with Gasteiger partial charge >= 0.3 is 6.01 Å². The number of hydrogen-bond donors (Lipinski definition) is 1. The van der Waals surface area contributed by atoms with E-state index in [1.807, 2.05) is 23.0 Å². The van der Waals surface area contributed by atoms with E-state index >= 15 is 0 Å². The zero-order chi connectivity index (χ0) is 20.9. The van der Waals surface area contributed by atoms with Crippen LogP contribution in [-0.4, -0.2) is 62.3 Å². The molecule has 2 aliphatic rings. The van der Waals surface area contributed by atoms with Crippen molar-refractivity contribution >= 4 is 16.9 Å². The van der Waals surface area contributed by atoms with E-state index in [9.17, 15) is 5.11 Å². The van der Waals surface area contributed by atoms with Crippen molar-refractivity contribution in [2.75, 3.05) is 31.1 Å². The number of hydrogen-bond acceptors (Lipinski definition) is 7. The van der Waals surface area contributed by atoms with Gasteiger partial charge in [0.25, 0.3) is 0 Å². The molecule has 3 heterocycles. The van der Waals surface area contributed by atoms with Crippen molar-refractivity contribution in [3.8, 4) is 11.4 Å². The van der Waals surface area contributed by atoms with Gasteiger partial charge in [0.1, 0.15) is 6.23 Å². The Morgan fingerprint density at radius 3 is 2.63 bits per heavy atom. The molecule has 5 rings (SSSR count). The summed E-state index contributed by atoms with van der Waals surface area (Å²) in [6.07, 6.45) is 4.87. The summed E-state index contributed by atoms with van der Waals surface area (Å²) in [5, 5.41) is 20.3. The summed E-state index contributed by atoms with van der Waals surface area (Å²) < 4.78 is 7.58. The highest BCUT2D eigenvalue weighted by Crippen LogP contribution is 2.49. The first-order valence-electron chi connectivity index (χ1n) is 10.9. The molecule has 160 valence electrons. The highest BCUT2D eigenvalue weighted by Gasteiger charge is 2.40. The van der Waals surface area contributed by atoms with Gasteiger partial charge in [-0.2, -0.15) is 10.1 Å². The zero-order valence-corrected chi connectivity index (χ0v) is 18.0. The minimum Gasteiger partial charge on any atom is -0.378 e. The lowest BCUT2D eigenvalue weighted by Gasteiger charge is -2.37.